The maximum absolute atomic E-state index is 12.3. The Hall–Kier alpha value is -1.95. The van der Waals surface area contributed by atoms with Crippen LogP contribution >= 0.6 is 23.2 Å². The number of hydrogen-bond acceptors (Lipinski definition) is 3. The van der Waals surface area contributed by atoms with Crippen molar-refractivity contribution in [2.45, 2.75) is 19.5 Å². The molecule has 3 N–H and O–H groups in total. The molecule has 0 spiro atoms. The van der Waals surface area contributed by atoms with Crippen molar-refractivity contribution in [3.8, 4) is 11.5 Å². The highest BCUT2D eigenvalue weighted by molar-refractivity contribution is 6.35. The van der Waals surface area contributed by atoms with Crippen LogP contribution in [0.5, 0.6) is 11.5 Å². The quantitative estimate of drug-likeness (QED) is 0.853. The number of quaternary nitrogens is 1. The first kappa shape index (κ1) is 16.9. The largest absolute Gasteiger partial charge is 0.454 e. The van der Waals surface area contributed by atoms with Gasteiger partial charge in [-0.15, -0.1) is 0 Å². The molecule has 1 aliphatic rings. The molecule has 1 aliphatic heterocycles. The lowest BCUT2D eigenvalue weighted by molar-refractivity contribution is -0.688. The van der Waals surface area contributed by atoms with E-state index < -0.39 is 0 Å². The van der Waals surface area contributed by atoms with Crippen LogP contribution in [0.1, 0.15) is 12.5 Å². The topological polar surface area (TPSA) is 64.2 Å². The second-order valence-corrected chi connectivity index (χ2v) is 6.44. The van der Waals surface area contributed by atoms with Gasteiger partial charge in [-0.25, -0.2) is 0 Å². The summed E-state index contributed by atoms with van der Waals surface area (Å²) in [6, 6.07) is 10.4. The van der Waals surface area contributed by atoms with Crippen LogP contribution in [0.15, 0.2) is 36.4 Å². The Morgan fingerprint density at radius 2 is 1.88 bits per heavy atom. The van der Waals surface area contributed by atoms with E-state index >= 15 is 0 Å². The van der Waals surface area contributed by atoms with Crippen molar-refractivity contribution in [2.24, 2.45) is 0 Å². The predicted molar refractivity (Wildman–Crippen MR) is 92.7 cm³/mol. The van der Waals surface area contributed by atoms with Crippen LogP contribution < -0.4 is 20.1 Å². The van der Waals surface area contributed by atoms with Gasteiger partial charge >= 0.3 is 0 Å². The number of rotatable bonds is 5. The molecule has 5 nitrogen and oxygen atoms in total. The van der Waals surface area contributed by atoms with E-state index in [1.54, 1.807) is 18.2 Å². The SMILES string of the molecule is C[C@@H]([NH2+]Cc1ccc2c(c1)OCO2)C(=O)Nc1cc(Cl)cc(Cl)c1. The molecule has 0 unspecified atom stereocenters. The Labute approximate surface area is 149 Å². The predicted octanol–water partition coefficient (Wildman–Crippen LogP) is 2.81. The molecule has 24 heavy (non-hydrogen) atoms. The van der Waals surface area contributed by atoms with Crippen LogP contribution in [0.3, 0.4) is 0 Å². The van der Waals surface area contributed by atoms with Gasteiger partial charge in [0.25, 0.3) is 5.91 Å². The Kier molecular flexibility index (Phi) is 5.14. The third-order valence-electron chi connectivity index (χ3n) is 3.69. The highest BCUT2D eigenvalue weighted by Crippen LogP contribution is 2.32. The van der Waals surface area contributed by atoms with Crippen molar-refractivity contribution >= 4 is 34.8 Å². The fourth-order valence-electron chi connectivity index (χ4n) is 2.37. The maximum Gasteiger partial charge on any atom is 0.282 e. The molecule has 0 saturated carbocycles. The highest BCUT2D eigenvalue weighted by Gasteiger charge is 2.18. The van der Waals surface area contributed by atoms with Crippen LogP contribution in [-0.2, 0) is 11.3 Å². The van der Waals surface area contributed by atoms with E-state index in [0.717, 1.165) is 17.1 Å². The van der Waals surface area contributed by atoms with E-state index in [-0.39, 0.29) is 18.7 Å². The minimum Gasteiger partial charge on any atom is -0.454 e. The number of carbonyl (C=O) groups excluding carboxylic acids is 1. The maximum atomic E-state index is 12.3. The number of fused-ring (bicyclic) bond motifs is 1. The molecule has 2 aromatic carbocycles. The van der Waals surface area contributed by atoms with Gasteiger partial charge < -0.3 is 20.1 Å². The normalized spacial score (nSPS) is 13.6. The standard InChI is InChI=1S/C17H16Cl2N2O3/c1-10(17(22)21-14-6-12(18)5-13(19)7-14)20-8-11-2-3-15-16(4-11)24-9-23-15/h2-7,10,20H,8-9H2,1H3,(H,21,22)/p+1/t10-/m1/s1. The molecule has 0 aromatic heterocycles. The van der Waals surface area contributed by atoms with Crippen molar-refractivity contribution in [3.63, 3.8) is 0 Å². The third kappa shape index (κ3) is 4.12. The number of carbonyl (C=O) groups is 1. The zero-order valence-corrected chi connectivity index (χ0v) is 14.5. The Bertz CT molecular complexity index is 747. The number of amides is 1. The van der Waals surface area contributed by atoms with Crippen molar-refractivity contribution in [1.82, 2.24) is 0 Å². The van der Waals surface area contributed by atoms with Crippen molar-refractivity contribution in [3.05, 3.63) is 52.0 Å². The lowest BCUT2D eigenvalue weighted by atomic mass is 10.2. The molecule has 0 aliphatic carbocycles. The van der Waals surface area contributed by atoms with Crippen molar-refractivity contribution in [2.75, 3.05) is 12.1 Å². The summed E-state index contributed by atoms with van der Waals surface area (Å²) in [5.74, 6) is 1.38. The number of anilines is 1. The summed E-state index contributed by atoms with van der Waals surface area (Å²) in [7, 11) is 0. The first-order valence-electron chi connectivity index (χ1n) is 7.50. The van der Waals surface area contributed by atoms with Gasteiger partial charge in [0.05, 0.1) is 0 Å². The van der Waals surface area contributed by atoms with Crippen LogP contribution in [0.4, 0.5) is 5.69 Å². The van der Waals surface area contributed by atoms with Gasteiger partial charge in [-0.1, -0.05) is 23.2 Å². The summed E-state index contributed by atoms with van der Waals surface area (Å²) >= 11 is 11.9. The number of nitrogens with two attached hydrogens (primary N) is 1. The molecule has 0 bridgehead atoms. The molecule has 1 amide bonds. The number of halogens is 2. The second kappa shape index (κ2) is 7.30. The van der Waals surface area contributed by atoms with Crippen LogP contribution in [0, 0.1) is 0 Å². The number of benzene rings is 2. The Balaban J connectivity index is 1.56. The van der Waals surface area contributed by atoms with Crippen LogP contribution in [0.2, 0.25) is 10.0 Å². The van der Waals surface area contributed by atoms with Crippen LogP contribution in [-0.4, -0.2) is 18.7 Å². The fourth-order valence-corrected chi connectivity index (χ4v) is 2.90. The number of nitrogens with one attached hydrogen (secondary N) is 1. The average Bonchev–Trinajstić information content (AvgIpc) is 2.99. The van der Waals surface area contributed by atoms with Crippen molar-refractivity contribution < 1.29 is 19.6 Å². The van der Waals surface area contributed by atoms with E-state index in [1.807, 2.05) is 30.4 Å². The van der Waals surface area contributed by atoms with Crippen molar-refractivity contribution in [1.29, 1.82) is 0 Å². The molecule has 126 valence electrons. The first-order chi connectivity index (χ1) is 11.5. The Morgan fingerprint density at radius 1 is 1.17 bits per heavy atom. The number of ether oxygens (including phenoxy) is 2. The summed E-state index contributed by atoms with van der Waals surface area (Å²) in [6.07, 6.45) is 0. The van der Waals surface area contributed by atoms with E-state index in [2.05, 4.69) is 5.32 Å². The molecule has 0 fully saturated rings. The molecule has 0 radical (unpaired) electrons. The molecule has 0 saturated heterocycles. The molecular formula is C17H17Cl2N2O3+. The van der Waals surface area contributed by atoms with Gasteiger partial charge in [-0.05, 0) is 43.3 Å². The molecule has 1 heterocycles. The molecule has 3 rings (SSSR count). The van der Waals surface area contributed by atoms with Crippen LogP contribution in [0.25, 0.3) is 0 Å². The molecule has 7 heteroatoms. The van der Waals surface area contributed by atoms with Gasteiger partial charge in [0.2, 0.25) is 6.79 Å². The molecular weight excluding hydrogens is 351 g/mol. The van der Waals surface area contributed by atoms with E-state index in [0.29, 0.717) is 22.3 Å². The average molecular weight is 368 g/mol. The summed E-state index contributed by atoms with van der Waals surface area (Å²) in [5, 5.41) is 5.72. The third-order valence-corrected chi connectivity index (χ3v) is 4.12. The summed E-state index contributed by atoms with van der Waals surface area (Å²) in [6.45, 7) is 2.75. The fraction of sp³-hybridized carbons (Fsp3) is 0.235. The van der Waals surface area contributed by atoms with E-state index in [9.17, 15) is 4.79 Å². The van der Waals surface area contributed by atoms with E-state index in [1.165, 1.54) is 0 Å². The molecule has 2 aromatic rings. The van der Waals surface area contributed by atoms with Gasteiger partial charge in [-0.3, -0.25) is 4.79 Å². The van der Waals surface area contributed by atoms with Gasteiger partial charge in [0, 0.05) is 21.3 Å². The summed E-state index contributed by atoms with van der Waals surface area (Å²) in [5.41, 5.74) is 1.64. The van der Waals surface area contributed by atoms with Gasteiger partial charge in [0.1, 0.15) is 6.54 Å². The highest BCUT2D eigenvalue weighted by atomic mass is 35.5. The molecule has 1 atom stereocenters. The minimum absolute atomic E-state index is 0.117. The van der Waals surface area contributed by atoms with Gasteiger partial charge in [-0.2, -0.15) is 0 Å². The van der Waals surface area contributed by atoms with Gasteiger partial charge in [0.15, 0.2) is 17.5 Å². The Morgan fingerprint density at radius 3 is 2.62 bits per heavy atom. The second-order valence-electron chi connectivity index (χ2n) is 5.56. The zero-order chi connectivity index (χ0) is 17.1. The van der Waals surface area contributed by atoms with E-state index in [4.69, 9.17) is 32.7 Å². The monoisotopic (exact) mass is 367 g/mol. The first-order valence-corrected chi connectivity index (χ1v) is 8.25. The lowest BCUT2D eigenvalue weighted by Crippen LogP contribution is -2.90. The smallest absolute Gasteiger partial charge is 0.282 e. The minimum atomic E-state index is -0.270. The lowest BCUT2D eigenvalue weighted by Gasteiger charge is -2.12. The number of hydrogen-bond donors (Lipinski definition) is 2. The summed E-state index contributed by atoms with van der Waals surface area (Å²) < 4.78 is 10.6. The summed E-state index contributed by atoms with van der Waals surface area (Å²) in [4.78, 5) is 12.3. The zero-order valence-electron chi connectivity index (χ0n) is 13.0.